The van der Waals surface area contributed by atoms with Crippen LogP contribution in [0.3, 0.4) is 0 Å². The fourth-order valence-electron chi connectivity index (χ4n) is 9.17. The van der Waals surface area contributed by atoms with E-state index in [0.717, 1.165) is 50.0 Å². The molecule has 0 spiro atoms. The van der Waals surface area contributed by atoms with E-state index >= 15 is 0 Å². The number of ether oxygens (including phenoxy) is 1. The predicted octanol–water partition coefficient (Wildman–Crippen LogP) is 15.8. The van der Waals surface area contributed by atoms with Crippen molar-refractivity contribution in [1.82, 2.24) is 19.1 Å². The van der Waals surface area contributed by atoms with Gasteiger partial charge in [-0.1, -0.05) is 155 Å². The minimum Gasteiger partial charge on any atom is -0.503 e. The third-order valence-corrected chi connectivity index (χ3v) is 12.4. The van der Waals surface area contributed by atoms with Crippen molar-refractivity contribution in [1.29, 1.82) is 0 Å². The Morgan fingerprint density at radius 3 is 1.70 bits per heavy atom. The Morgan fingerprint density at radius 1 is 0.470 bits per heavy atom. The number of hydrogen-bond donors (Lipinski definition) is 0. The third kappa shape index (κ3) is 7.84. The molecule has 3 heterocycles. The molecule has 0 radical (unpaired) electrons. The first kappa shape index (κ1) is 42.6. The minimum absolute atomic E-state index is 0. The van der Waals surface area contributed by atoms with Gasteiger partial charge in [0.1, 0.15) is 5.82 Å². The molecule has 11 aromatic rings. The standard InChI is InChI=1S/C60H46N4O.Pt/c1-39(2)52-36-47(45-30-28-44(29-31-45)43-26-24-42(25-27-43)41-15-6-5-7-16-41)37-53(40(3)4)59(52)64-56-22-11-9-20-54(56)62-60(64)46-17-14-18-48(35-46)65-49-32-33-51-50-19-8-10-21-55(50)63(57(51)38-49)58-23-12-13-34-61-58;/h5-34,36-37,39-40H,1-4H3;/q-2;+2. The summed E-state index contributed by atoms with van der Waals surface area (Å²) in [4.78, 5) is 10.0. The zero-order valence-corrected chi connectivity index (χ0v) is 39.4. The molecule has 322 valence electrons. The Bertz CT molecular complexity index is 3470. The predicted molar refractivity (Wildman–Crippen MR) is 267 cm³/mol. The van der Waals surface area contributed by atoms with Gasteiger partial charge in [-0.05, 0) is 104 Å². The molecule has 3 aromatic heterocycles. The Kier molecular flexibility index (Phi) is 11.6. The van der Waals surface area contributed by atoms with Crippen molar-refractivity contribution in [3.05, 3.63) is 218 Å². The molecule has 6 heteroatoms. The van der Waals surface area contributed by atoms with E-state index in [2.05, 4.69) is 201 Å². The van der Waals surface area contributed by atoms with Crippen molar-refractivity contribution < 1.29 is 25.8 Å². The molecule has 0 aliphatic heterocycles. The average Bonchev–Trinajstić information content (AvgIpc) is 3.90. The van der Waals surface area contributed by atoms with Crippen molar-refractivity contribution in [2.75, 3.05) is 0 Å². The van der Waals surface area contributed by atoms with Gasteiger partial charge in [-0.3, -0.25) is 4.98 Å². The molecule has 0 aliphatic rings. The largest absolute Gasteiger partial charge is 2.00 e. The normalized spacial score (nSPS) is 11.5. The summed E-state index contributed by atoms with van der Waals surface area (Å²) >= 11 is 0. The van der Waals surface area contributed by atoms with E-state index in [0.29, 0.717) is 11.5 Å². The summed E-state index contributed by atoms with van der Waals surface area (Å²) in [5.74, 6) is 3.26. The summed E-state index contributed by atoms with van der Waals surface area (Å²) in [7, 11) is 0. The molecular weight excluding hydrogens is 988 g/mol. The molecule has 8 aromatic carbocycles. The Labute approximate surface area is 400 Å². The van der Waals surface area contributed by atoms with E-state index in [4.69, 9.17) is 14.7 Å². The number of aromatic nitrogens is 4. The number of imidazole rings is 1. The van der Waals surface area contributed by atoms with Gasteiger partial charge in [-0.15, -0.1) is 41.3 Å². The van der Waals surface area contributed by atoms with Crippen LogP contribution in [0.25, 0.3) is 89.1 Å². The second kappa shape index (κ2) is 17.9. The number of fused-ring (bicyclic) bond motifs is 4. The molecule has 0 fully saturated rings. The van der Waals surface area contributed by atoms with Crippen molar-refractivity contribution in [2.24, 2.45) is 0 Å². The Balaban J connectivity index is 0.00000511. The van der Waals surface area contributed by atoms with E-state index in [1.54, 1.807) is 0 Å². The summed E-state index contributed by atoms with van der Waals surface area (Å²) < 4.78 is 11.1. The van der Waals surface area contributed by atoms with E-state index in [1.165, 1.54) is 50.2 Å². The van der Waals surface area contributed by atoms with Crippen LogP contribution in [-0.4, -0.2) is 19.1 Å². The first-order valence-corrected chi connectivity index (χ1v) is 22.4. The number of para-hydroxylation sites is 3. The topological polar surface area (TPSA) is 44.9 Å². The second-order valence-corrected chi connectivity index (χ2v) is 17.2. The zero-order chi connectivity index (χ0) is 44.0. The van der Waals surface area contributed by atoms with Gasteiger partial charge in [0.25, 0.3) is 0 Å². The van der Waals surface area contributed by atoms with Gasteiger partial charge in [-0.25, -0.2) is 4.98 Å². The van der Waals surface area contributed by atoms with Gasteiger partial charge in [-0.2, -0.15) is 6.07 Å². The van der Waals surface area contributed by atoms with Crippen LogP contribution in [0.4, 0.5) is 0 Å². The number of benzene rings is 8. The first-order chi connectivity index (χ1) is 31.9. The van der Waals surface area contributed by atoms with Crippen LogP contribution in [0.15, 0.2) is 194 Å². The number of pyridine rings is 1. The van der Waals surface area contributed by atoms with E-state index in [-0.39, 0.29) is 32.9 Å². The van der Waals surface area contributed by atoms with Crippen molar-refractivity contribution >= 4 is 32.8 Å². The van der Waals surface area contributed by atoms with Gasteiger partial charge in [0.2, 0.25) is 0 Å². The number of hydrogen-bond acceptors (Lipinski definition) is 3. The molecule has 66 heavy (non-hydrogen) atoms. The summed E-state index contributed by atoms with van der Waals surface area (Å²) in [6.07, 6.45) is 1.82. The van der Waals surface area contributed by atoms with Crippen LogP contribution >= 0.6 is 0 Å². The Morgan fingerprint density at radius 2 is 1.05 bits per heavy atom. The van der Waals surface area contributed by atoms with Crippen LogP contribution in [0.2, 0.25) is 0 Å². The molecule has 0 unspecified atom stereocenters. The monoisotopic (exact) mass is 1030 g/mol. The number of nitrogens with zero attached hydrogens (tertiary/aromatic N) is 4. The van der Waals surface area contributed by atoms with E-state index in [9.17, 15) is 0 Å². The molecule has 0 saturated carbocycles. The van der Waals surface area contributed by atoms with Crippen LogP contribution < -0.4 is 4.74 Å². The zero-order valence-electron chi connectivity index (χ0n) is 37.1. The summed E-state index contributed by atoms with van der Waals surface area (Å²) in [5, 5.41) is 2.22. The maximum absolute atomic E-state index is 6.62. The van der Waals surface area contributed by atoms with Crippen molar-refractivity contribution in [3.8, 4) is 67.8 Å². The fraction of sp³-hybridized carbons (Fsp3) is 0.100. The maximum atomic E-state index is 6.62. The maximum Gasteiger partial charge on any atom is 2.00 e. The van der Waals surface area contributed by atoms with Gasteiger partial charge in [0, 0.05) is 28.9 Å². The molecular formula is C60H46N4OPt. The van der Waals surface area contributed by atoms with Gasteiger partial charge in [0.15, 0.2) is 0 Å². The molecule has 11 rings (SSSR count). The van der Waals surface area contributed by atoms with Gasteiger partial charge < -0.3 is 13.9 Å². The van der Waals surface area contributed by atoms with E-state index in [1.807, 2.05) is 42.6 Å². The third-order valence-electron chi connectivity index (χ3n) is 12.4. The van der Waals surface area contributed by atoms with Gasteiger partial charge in [0.05, 0.1) is 16.9 Å². The van der Waals surface area contributed by atoms with Crippen LogP contribution in [-0.2, 0) is 21.1 Å². The van der Waals surface area contributed by atoms with Crippen molar-refractivity contribution in [2.45, 2.75) is 39.5 Å². The summed E-state index contributed by atoms with van der Waals surface area (Å²) in [6, 6.07) is 73.2. The first-order valence-electron chi connectivity index (χ1n) is 22.4. The molecule has 0 saturated heterocycles. The van der Waals surface area contributed by atoms with Crippen LogP contribution in [0, 0.1) is 12.1 Å². The molecule has 0 amide bonds. The molecule has 5 nitrogen and oxygen atoms in total. The summed E-state index contributed by atoms with van der Waals surface area (Å²) in [6.45, 7) is 9.15. The Hall–Kier alpha value is -7.33. The summed E-state index contributed by atoms with van der Waals surface area (Å²) in [5.41, 5.74) is 15.7. The fourth-order valence-corrected chi connectivity index (χ4v) is 9.17. The quantitative estimate of drug-likeness (QED) is 0.128. The average molecular weight is 1030 g/mol. The minimum atomic E-state index is 0. The molecule has 0 N–H and O–H groups in total. The molecule has 0 atom stereocenters. The van der Waals surface area contributed by atoms with Crippen LogP contribution in [0.5, 0.6) is 11.5 Å². The van der Waals surface area contributed by atoms with Gasteiger partial charge >= 0.3 is 21.1 Å². The second-order valence-electron chi connectivity index (χ2n) is 17.2. The smallest absolute Gasteiger partial charge is 0.503 e. The SMILES string of the molecule is CC(C)c1cc(-c2ccc(-c3ccc(-c4ccccc4)cc3)cc2)cc(C(C)C)c1-n1c(-c2[c-]c(Oc3[c-]c4c(cc3)c3ccccc3n4-c3ccccn3)ccc2)nc2ccccc21.[Pt+2]. The number of rotatable bonds is 10. The van der Waals surface area contributed by atoms with Crippen LogP contribution in [0.1, 0.15) is 50.7 Å². The molecule has 0 bridgehead atoms. The van der Waals surface area contributed by atoms with E-state index < -0.39 is 0 Å². The molecule has 0 aliphatic carbocycles. The van der Waals surface area contributed by atoms with Crippen molar-refractivity contribution in [3.63, 3.8) is 0 Å².